The van der Waals surface area contributed by atoms with E-state index in [1.54, 1.807) is 25.1 Å². The molecule has 1 aromatic carbocycles. The van der Waals surface area contributed by atoms with Gasteiger partial charge in [-0.15, -0.1) is 0 Å². The molecule has 0 radical (unpaired) electrons. The van der Waals surface area contributed by atoms with Crippen molar-refractivity contribution in [3.8, 4) is 5.75 Å². The highest BCUT2D eigenvalue weighted by molar-refractivity contribution is 7.91. The Balaban J connectivity index is 1.52. The van der Waals surface area contributed by atoms with Gasteiger partial charge in [-0.2, -0.15) is 0 Å². The second-order valence-corrected chi connectivity index (χ2v) is 12.2. The van der Waals surface area contributed by atoms with Gasteiger partial charge >= 0.3 is 25.0 Å². The Morgan fingerprint density at radius 1 is 1.21 bits per heavy atom. The number of likely N-dealkylation sites (N-methyl/N-ethyl adjacent to an activating group) is 1. The minimum Gasteiger partial charge on any atom is -0.535 e. The number of urea groups is 1. The highest BCUT2D eigenvalue weighted by Crippen LogP contribution is 2.37. The molecular weight excluding hydrogens is 517 g/mol. The lowest BCUT2D eigenvalue weighted by Gasteiger charge is -2.34. The quantitative estimate of drug-likeness (QED) is 0.268. The van der Waals surface area contributed by atoms with E-state index in [0.717, 1.165) is 4.90 Å². The summed E-state index contributed by atoms with van der Waals surface area (Å²) in [6.07, 6.45) is 0.117. The number of sulfone groups is 1. The predicted molar refractivity (Wildman–Crippen MR) is 135 cm³/mol. The van der Waals surface area contributed by atoms with Gasteiger partial charge in [-0.05, 0) is 38.3 Å². The average Bonchev–Trinajstić information content (AvgIpc) is 3.23. The highest BCUT2D eigenvalue weighted by atomic mass is 32.2. The molecule has 0 bridgehead atoms. The van der Waals surface area contributed by atoms with Crippen molar-refractivity contribution in [2.45, 2.75) is 45.0 Å². The van der Waals surface area contributed by atoms with Gasteiger partial charge in [-0.3, -0.25) is 24.1 Å². The number of piperazine rings is 1. The van der Waals surface area contributed by atoms with Crippen molar-refractivity contribution in [3.63, 3.8) is 0 Å². The van der Waals surface area contributed by atoms with Crippen LogP contribution in [0.25, 0.3) is 0 Å². The number of para-hydroxylation sites is 1. The van der Waals surface area contributed by atoms with E-state index >= 15 is 0 Å². The molecule has 38 heavy (non-hydrogen) atoms. The Morgan fingerprint density at radius 2 is 1.95 bits per heavy atom. The molecule has 3 atom stereocenters. The van der Waals surface area contributed by atoms with Gasteiger partial charge in [0.15, 0.2) is 21.4 Å². The molecule has 12 nitrogen and oxygen atoms in total. The van der Waals surface area contributed by atoms with Gasteiger partial charge in [0.05, 0.1) is 23.1 Å². The molecule has 0 spiro atoms. The minimum absolute atomic E-state index is 0.0570. The molecular formula is C24H30BN3O9S. The standard InChI is InChI=1S/C24H30BN3O9S/c1-3-27-8-9-28(23(32)22(27)31)24(33)26-20(16-7-10-38(35,36)13-16)19(30)12-17-11-15-5-4-6-18(14(2)29)21(15)37-25(17)34/h4-6,16-17,20,34H,3,7-13H2,1-2H3,(H,26,33)/t16?,17-,20?/m1/s1. The number of ketones is 2. The fraction of sp³-hybridized carbons (Fsp3) is 0.542. The summed E-state index contributed by atoms with van der Waals surface area (Å²) in [5.74, 6) is -4.23. The van der Waals surface area contributed by atoms with E-state index in [1.165, 1.54) is 11.8 Å². The molecule has 4 rings (SSSR count). The van der Waals surface area contributed by atoms with E-state index in [4.69, 9.17) is 4.65 Å². The van der Waals surface area contributed by atoms with Gasteiger partial charge in [0.2, 0.25) is 0 Å². The van der Waals surface area contributed by atoms with Gasteiger partial charge in [-0.25, -0.2) is 13.2 Å². The first-order valence-corrected chi connectivity index (χ1v) is 14.4. The molecule has 2 N–H and O–H groups in total. The summed E-state index contributed by atoms with van der Waals surface area (Å²) < 4.78 is 29.9. The molecule has 1 aromatic rings. The minimum atomic E-state index is -3.41. The molecule has 14 heteroatoms. The molecule has 2 fully saturated rings. The van der Waals surface area contributed by atoms with E-state index in [1.807, 2.05) is 0 Å². The largest absolute Gasteiger partial charge is 0.535 e. The second-order valence-electron chi connectivity index (χ2n) is 9.92. The lowest BCUT2D eigenvalue weighted by Crippen LogP contribution is -2.60. The van der Waals surface area contributed by atoms with Crippen molar-refractivity contribution < 1.29 is 42.1 Å². The van der Waals surface area contributed by atoms with Crippen molar-refractivity contribution >= 4 is 46.4 Å². The third kappa shape index (κ3) is 5.60. The van der Waals surface area contributed by atoms with Crippen molar-refractivity contribution in [1.82, 2.24) is 15.1 Å². The van der Waals surface area contributed by atoms with Crippen LogP contribution in [0.15, 0.2) is 18.2 Å². The van der Waals surface area contributed by atoms with Crippen LogP contribution in [-0.2, 0) is 30.6 Å². The topological polar surface area (TPSA) is 167 Å². The summed E-state index contributed by atoms with van der Waals surface area (Å²) in [4.78, 5) is 65.2. The SMILES string of the molecule is CCN1CCN(C(=O)NC(C(=O)C[C@H]2Cc3cccc(C(C)=O)c3OB2O)C2CCS(=O)(=O)C2)C(=O)C1=O. The number of carbonyl (C=O) groups is 5. The molecule has 3 aliphatic heterocycles. The van der Waals surface area contributed by atoms with Crippen LogP contribution in [0.3, 0.4) is 0 Å². The lowest BCUT2D eigenvalue weighted by atomic mass is 9.63. The Hall–Kier alpha value is -3.26. The summed E-state index contributed by atoms with van der Waals surface area (Å²) >= 11 is 0. The number of imide groups is 1. The fourth-order valence-electron chi connectivity index (χ4n) is 5.25. The molecule has 3 aliphatic rings. The number of hydrogen-bond donors (Lipinski definition) is 2. The summed E-state index contributed by atoms with van der Waals surface area (Å²) in [5, 5.41) is 13.1. The first-order chi connectivity index (χ1) is 17.9. The number of rotatable bonds is 7. The van der Waals surface area contributed by atoms with E-state index in [9.17, 15) is 37.4 Å². The fourth-order valence-corrected chi connectivity index (χ4v) is 7.09. The molecule has 0 aliphatic carbocycles. The maximum Gasteiger partial charge on any atom is 0.526 e. The number of Topliss-reactive ketones (excluding diaryl/α,β-unsaturated/α-hetero) is 2. The van der Waals surface area contributed by atoms with Gasteiger partial charge in [0.25, 0.3) is 0 Å². The molecule has 2 saturated heterocycles. The first-order valence-electron chi connectivity index (χ1n) is 12.5. The third-order valence-corrected chi connectivity index (χ3v) is 9.16. The number of nitrogens with one attached hydrogen (secondary N) is 1. The Bertz CT molecular complexity index is 1280. The molecule has 3 heterocycles. The zero-order valence-corrected chi connectivity index (χ0v) is 22.0. The summed E-state index contributed by atoms with van der Waals surface area (Å²) in [6.45, 7) is 3.49. The predicted octanol–water partition coefficient (Wildman–Crippen LogP) is -0.162. The monoisotopic (exact) mass is 547 g/mol. The zero-order chi connectivity index (χ0) is 27.8. The number of hydrogen-bond acceptors (Lipinski definition) is 9. The Morgan fingerprint density at radius 3 is 2.58 bits per heavy atom. The smallest absolute Gasteiger partial charge is 0.526 e. The highest BCUT2D eigenvalue weighted by Gasteiger charge is 2.44. The maximum absolute atomic E-state index is 13.5. The van der Waals surface area contributed by atoms with Crippen molar-refractivity contribution in [3.05, 3.63) is 29.3 Å². The van der Waals surface area contributed by atoms with Gasteiger partial charge in [0.1, 0.15) is 5.75 Å². The average molecular weight is 547 g/mol. The Labute approximate surface area is 220 Å². The normalized spacial score (nSPS) is 23.5. The van der Waals surface area contributed by atoms with Crippen LogP contribution >= 0.6 is 0 Å². The molecule has 204 valence electrons. The summed E-state index contributed by atoms with van der Waals surface area (Å²) in [7, 11) is -4.82. The third-order valence-electron chi connectivity index (χ3n) is 7.36. The zero-order valence-electron chi connectivity index (χ0n) is 21.2. The molecule has 0 saturated carbocycles. The Kier molecular flexibility index (Phi) is 7.93. The number of nitrogens with zero attached hydrogens (tertiary/aromatic N) is 2. The number of benzene rings is 1. The van der Waals surface area contributed by atoms with E-state index in [-0.39, 0.29) is 55.4 Å². The van der Waals surface area contributed by atoms with E-state index in [0.29, 0.717) is 17.7 Å². The van der Waals surface area contributed by atoms with E-state index in [2.05, 4.69) is 5.32 Å². The van der Waals surface area contributed by atoms with Gasteiger partial charge in [0, 0.05) is 37.8 Å². The van der Waals surface area contributed by atoms with Crippen LogP contribution in [-0.4, -0.2) is 97.0 Å². The van der Waals surface area contributed by atoms with Crippen LogP contribution in [0.5, 0.6) is 5.75 Å². The lowest BCUT2D eigenvalue weighted by molar-refractivity contribution is -0.153. The van der Waals surface area contributed by atoms with Crippen LogP contribution < -0.4 is 9.97 Å². The second kappa shape index (κ2) is 10.9. The van der Waals surface area contributed by atoms with Gasteiger partial charge in [-0.1, -0.05) is 12.1 Å². The van der Waals surface area contributed by atoms with E-state index < -0.39 is 58.4 Å². The molecule has 2 unspecified atom stereocenters. The van der Waals surface area contributed by atoms with Crippen LogP contribution in [0, 0.1) is 5.92 Å². The van der Waals surface area contributed by atoms with Gasteiger partial charge < -0.3 is 19.9 Å². The number of amides is 4. The maximum atomic E-state index is 13.5. The van der Waals surface area contributed by atoms with Crippen LogP contribution in [0.4, 0.5) is 4.79 Å². The molecule has 0 aromatic heterocycles. The van der Waals surface area contributed by atoms with Crippen LogP contribution in [0.1, 0.15) is 42.6 Å². The van der Waals surface area contributed by atoms with Crippen LogP contribution in [0.2, 0.25) is 5.82 Å². The summed E-state index contributed by atoms with van der Waals surface area (Å²) in [5.41, 5.74) is 0.956. The van der Waals surface area contributed by atoms with Crippen molar-refractivity contribution in [1.29, 1.82) is 0 Å². The summed E-state index contributed by atoms with van der Waals surface area (Å²) in [6, 6.07) is 2.80. The number of fused-ring (bicyclic) bond motifs is 1. The molecule has 4 amide bonds. The van der Waals surface area contributed by atoms with Crippen molar-refractivity contribution in [2.24, 2.45) is 5.92 Å². The number of carbonyl (C=O) groups excluding carboxylic acids is 5. The first kappa shape index (κ1) is 27.8. The van der Waals surface area contributed by atoms with Crippen molar-refractivity contribution in [2.75, 3.05) is 31.1 Å².